The van der Waals surface area contributed by atoms with Gasteiger partial charge < -0.3 is 10.2 Å². The number of hydrogen-bond donors (Lipinski definition) is 1. The number of piperidine rings is 1. The van der Waals surface area contributed by atoms with E-state index < -0.39 is 0 Å². The van der Waals surface area contributed by atoms with Gasteiger partial charge in [0.1, 0.15) is 5.82 Å². The van der Waals surface area contributed by atoms with Crippen LogP contribution in [0.2, 0.25) is 5.02 Å². The molecule has 2 aromatic heterocycles. The predicted molar refractivity (Wildman–Crippen MR) is 138 cm³/mol. The Balaban J connectivity index is 1.31. The molecule has 7 heteroatoms. The van der Waals surface area contributed by atoms with Gasteiger partial charge in [-0.05, 0) is 56.0 Å². The number of benzene rings is 2. The maximum Gasteiger partial charge on any atom is 0.227 e. The van der Waals surface area contributed by atoms with Crippen LogP contribution in [0.5, 0.6) is 0 Å². The number of aryl methyl sites for hydroxylation is 2. The highest BCUT2D eigenvalue weighted by atomic mass is 35.5. The van der Waals surface area contributed by atoms with Crippen LogP contribution in [0.15, 0.2) is 60.7 Å². The average Bonchev–Trinajstić information content (AvgIpc) is 3.28. The number of halogens is 1. The second-order valence-corrected chi connectivity index (χ2v) is 9.30. The maximum absolute atomic E-state index is 12.8. The summed E-state index contributed by atoms with van der Waals surface area (Å²) < 4.78 is 1.91. The lowest BCUT2D eigenvalue weighted by Crippen LogP contribution is -2.39. The Morgan fingerprint density at radius 1 is 1.06 bits per heavy atom. The monoisotopic (exact) mass is 473 g/mol. The molecule has 0 bridgehead atoms. The molecular formula is C27H28ClN5O. The largest absolute Gasteiger partial charge is 0.356 e. The fourth-order valence-corrected chi connectivity index (χ4v) is 4.63. The van der Waals surface area contributed by atoms with E-state index in [2.05, 4.69) is 40.3 Å². The first-order valence-corrected chi connectivity index (χ1v) is 12.2. The average molecular weight is 474 g/mol. The standard InChI is InChI=1S/C27H28ClN5O/c1-3-19-4-10-23(11-5-19)30-27(34)21-12-14-32(15-13-21)26-16-18(2)29-25-17-24(31-33(25)26)20-6-8-22(28)9-7-20/h4-11,16-17,21H,3,12-15H2,1-2H3,(H,30,34). The van der Waals surface area contributed by atoms with Gasteiger partial charge in [0, 0.05) is 53.1 Å². The van der Waals surface area contributed by atoms with Crippen LogP contribution in [0, 0.1) is 12.8 Å². The third kappa shape index (κ3) is 4.64. The van der Waals surface area contributed by atoms with Crippen LogP contribution < -0.4 is 10.2 Å². The van der Waals surface area contributed by atoms with E-state index >= 15 is 0 Å². The molecule has 0 saturated carbocycles. The molecule has 5 rings (SSSR count). The Morgan fingerprint density at radius 3 is 2.44 bits per heavy atom. The van der Waals surface area contributed by atoms with Crippen LogP contribution in [-0.4, -0.2) is 33.6 Å². The summed E-state index contributed by atoms with van der Waals surface area (Å²) in [5.41, 5.74) is 5.75. The van der Waals surface area contributed by atoms with E-state index in [0.29, 0.717) is 5.02 Å². The van der Waals surface area contributed by atoms with Gasteiger partial charge in [-0.3, -0.25) is 4.79 Å². The van der Waals surface area contributed by atoms with Gasteiger partial charge in [-0.15, -0.1) is 0 Å². The molecular weight excluding hydrogens is 446 g/mol. The summed E-state index contributed by atoms with van der Waals surface area (Å²) in [6.07, 6.45) is 2.59. The molecule has 1 amide bonds. The van der Waals surface area contributed by atoms with Crippen molar-refractivity contribution in [2.45, 2.75) is 33.1 Å². The van der Waals surface area contributed by atoms with Gasteiger partial charge in [0.25, 0.3) is 0 Å². The Morgan fingerprint density at radius 2 is 1.76 bits per heavy atom. The van der Waals surface area contributed by atoms with Crippen molar-refractivity contribution >= 4 is 34.7 Å². The number of fused-ring (bicyclic) bond motifs is 1. The zero-order valence-electron chi connectivity index (χ0n) is 19.5. The van der Waals surface area contributed by atoms with E-state index in [0.717, 1.165) is 66.5 Å². The van der Waals surface area contributed by atoms with Crippen LogP contribution >= 0.6 is 11.6 Å². The second kappa shape index (κ2) is 9.47. The molecule has 6 nitrogen and oxygen atoms in total. The molecule has 0 spiro atoms. The molecule has 3 heterocycles. The quantitative estimate of drug-likeness (QED) is 0.399. The Hall–Kier alpha value is -3.38. The van der Waals surface area contributed by atoms with E-state index in [9.17, 15) is 4.79 Å². The molecule has 1 aliphatic heterocycles. The number of aromatic nitrogens is 3. The van der Waals surface area contributed by atoms with Crippen LogP contribution in [0.3, 0.4) is 0 Å². The molecule has 4 aromatic rings. The number of carbonyl (C=O) groups excluding carboxylic acids is 1. The highest BCUT2D eigenvalue weighted by Crippen LogP contribution is 2.28. The number of amides is 1. The number of hydrogen-bond acceptors (Lipinski definition) is 4. The highest BCUT2D eigenvalue weighted by molar-refractivity contribution is 6.30. The van der Waals surface area contributed by atoms with Gasteiger partial charge in [0.2, 0.25) is 5.91 Å². The SMILES string of the molecule is CCc1ccc(NC(=O)C2CCN(c3cc(C)nc4cc(-c5ccc(Cl)cc5)nn34)CC2)cc1. The molecule has 34 heavy (non-hydrogen) atoms. The summed E-state index contributed by atoms with van der Waals surface area (Å²) in [6.45, 7) is 5.72. The first-order chi connectivity index (χ1) is 16.5. The first kappa shape index (κ1) is 22.4. The topological polar surface area (TPSA) is 62.5 Å². The van der Waals surface area contributed by atoms with E-state index in [4.69, 9.17) is 16.7 Å². The number of anilines is 2. The molecule has 0 aliphatic carbocycles. The summed E-state index contributed by atoms with van der Waals surface area (Å²) in [5, 5.41) is 8.63. The molecule has 1 aliphatic rings. The zero-order valence-corrected chi connectivity index (χ0v) is 20.2. The first-order valence-electron chi connectivity index (χ1n) is 11.8. The number of rotatable bonds is 5. The van der Waals surface area contributed by atoms with Crippen molar-refractivity contribution in [1.82, 2.24) is 14.6 Å². The van der Waals surface area contributed by atoms with Gasteiger partial charge >= 0.3 is 0 Å². The lowest BCUT2D eigenvalue weighted by Gasteiger charge is -2.33. The minimum atomic E-state index is 0.00257. The van der Waals surface area contributed by atoms with Crippen molar-refractivity contribution in [1.29, 1.82) is 0 Å². The fourth-order valence-electron chi connectivity index (χ4n) is 4.51. The summed E-state index contributed by atoms with van der Waals surface area (Å²) in [7, 11) is 0. The third-order valence-corrected chi connectivity index (χ3v) is 6.75. The normalized spacial score (nSPS) is 14.5. The Kier molecular flexibility index (Phi) is 6.24. The van der Waals surface area contributed by atoms with Crippen molar-refractivity contribution < 1.29 is 4.79 Å². The molecule has 0 atom stereocenters. The molecule has 1 saturated heterocycles. The summed E-state index contributed by atoms with van der Waals surface area (Å²) in [5.74, 6) is 1.11. The minimum absolute atomic E-state index is 0.00257. The number of nitrogens with zero attached hydrogens (tertiary/aromatic N) is 4. The zero-order chi connectivity index (χ0) is 23.7. The summed E-state index contributed by atoms with van der Waals surface area (Å²) in [4.78, 5) is 19.8. The number of carbonyl (C=O) groups is 1. The maximum atomic E-state index is 12.8. The highest BCUT2D eigenvalue weighted by Gasteiger charge is 2.27. The van der Waals surface area contributed by atoms with Gasteiger partial charge in [0.15, 0.2) is 5.65 Å². The summed E-state index contributed by atoms with van der Waals surface area (Å²) >= 11 is 6.04. The van der Waals surface area contributed by atoms with Crippen molar-refractivity contribution in [2.24, 2.45) is 5.92 Å². The minimum Gasteiger partial charge on any atom is -0.356 e. The fraction of sp³-hybridized carbons (Fsp3) is 0.296. The lowest BCUT2D eigenvalue weighted by atomic mass is 9.95. The van der Waals surface area contributed by atoms with Gasteiger partial charge in [-0.1, -0.05) is 42.8 Å². The molecule has 0 unspecified atom stereocenters. The van der Waals surface area contributed by atoms with E-state index in [1.807, 2.05) is 53.9 Å². The van der Waals surface area contributed by atoms with Crippen molar-refractivity contribution in [3.8, 4) is 11.3 Å². The van der Waals surface area contributed by atoms with Crippen LogP contribution in [0.4, 0.5) is 11.5 Å². The lowest BCUT2D eigenvalue weighted by molar-refractivity contribution is -0.120. The molecule has 174 valence electrons. The van der Waals surface area contributed by atoms with Gasteiger partial charge in [-0.2, -0.15) is 9.61 Å². The second-order valence-electron chi connectivity index (χ2n) is 8.86. The van der Waals surface area contributed by atoms with Crippen molar-refractivity contribution in [3.05, 3.63) is 76.9 Å². The molecule has 1 fully saturated rings. The molecule has 2 aromatic carbocycles. The third-order valence-electron chi connectivity index (χ3n) is 6.50. The number of nitrogens with one attached hydrogen (secondary N) is 1. The van der Waals surface area contributed by atoms with E-state index in [1.54, 1.807) is 0 Å². The van der Waals surface area contributed by atoms with Gasteiger partial charge in [-0.25, -0.2) is 4.98 Å². The van der Waals surface area contributed by atoms with E-state index in [1.165, 1.54) is 5.56 Å². The van der Waals surface area contributed by atoms with Crippen LogP contribution in [0.25, 0.3) is 16.9 Å². The van der Waals surface area contributed by atoms with E-state index in [-0.39, 0.29) is 11.8 Å². The Labute approximate surface area is 204 Å². The molecule has 1 N–H and O–H groups in total. The Bertz CT molecular complexity index is 1310. The smallest absolute Gasteiger partial charge is 0.227 e. The predicted octanol–water partition coefficient (Wildman–Crippen LogP) is 5.78. The van der Waals surface area contributed by atoms with Crippen molar-refractivity contribution in [2.75, 3.05) is 23.3 Å². The van der Waals surface area contributed by atoms with Crippen LogP contribution in [0.1, 0.15) is 31.0 Å². The van der Waals surface area contributed by atoms with Crippen LogP contribution in [-0.2, 0) is 11.2 Å². The van der Waals surface area contributed by atoms with Gasteiger partial charge in [0.05, 0.1) is 5.69 Å². The summed E-state index contributed by atoms with van der Waals surface area (Å²) in [6, 6.07) is 19.9. The molecule has 0 radical (unpaired) electrons. The van der Waals surface area contributed by atoms with Crippen molar-refractivity contribution in [3.63, 3.8) is 0 Å².